The van der Waals surface area contributed by atoms with Crippen molar-refractivity contribution in [2.75, 3.05) is 37.2 Å². The van der Waals surface area contributed by atoms with E-state index in [1.165, 1.54) is 30.5 Å². The molecule has 40 heavy (non-hydrogen) atoms. The number of benzene rings is 3. The normalized spacial score (nSPS) is 10.9. The van der Waals surface area contributed by atoms with E-state index in [4.69, 9.17) is 14.2 Å². The Hall–Kier alpha value is -4.10. The Morgan fingerprint density at radius 2 is 1.35 bits per heavy atom. The van der Waals surface area contributed by atoms with Crippen LogP contribution in [0.2, 0.25) is 0 Å². The molecule has 0 bridgehead atoms. The summed E-state index contributed by atoms with van der Waals surface area (Å²) in [6.45, 7) is 0.337. The van der Waals surface area contributed by atoms with Gasteiger partial charge in [-0.2, -0.15) is 4.98 Å². The lowest BCUT2D eigenvalue weighted by Crippen LogP contribution is -2.08. The van der Waals surface area contributed by atoms with Crippen molar-refractivity contribution in [2.24, 2.45) is 0 Å². The summed E-state index contributed by atoms with van der Waals surface area (Å²) in [6.07, 6.45) is 2.42. The summed E-state index contributed by atoms with van der Waals surface area (Å²) in [6, 6.07) is 13.0. The van der Waals surface area contributed by atoms with Crippen LogP contribution in [-0.2, 0) is 11.3 Å². The second-order valence-electron chi connectivity index (χ2n) is 8.09. The van der Waals surface area contributed by atoms with Crippen LogP contribution < -0.4 is 20.1 Å². The number of hydrogen-bond donors (Lipinski definition) is 2. The lowest BCUT2D eigenvalue weighted by atomic mass is 10.2. The third-order valence-corrected chi connectivity index (χ3v) is 6.27. The van der Waals surface area contributed by atoms with E-state index < -0.39 is 41.3 Å². The zero-order valence-corrected chi connectivity index (χ0v) is 22.1. The molecule has 4 rings (SSSR count). The number of anilines is 4. The van der Waals surface area contributed by atoms with Gasteiger partial charge >= 0.3 is 0 Å². The fourth-order valence-corrected chi connectivity index (χ4v) is 4.11. The Morgan fingerprint density at radius 3 is 1.98 bits per heavy atom. The molecule has 0 atom stereocenters. The van der Waals surface area contributed by atoms with Crippen molar-refractivity contribution < 1.29 is 36.2 Å². The van der Waals surface area contributed by atoms with Gasteiger partial charge < -0.3 is 24.8 Å². The van der Waals surface area contributed by atoms with Gasteiger partial charge in [0.2, 0.25) is 5.95 Å². The van der Waals surface area contributed by atoms with Crippen LogP contribution in [0.4, 0.5) is 45.1 Å². The highest BCUT2D eigenvalue weighted by molar-refractivity contribution is 7.98. The monoisotopic (exact) mass is 578 g/mol. The van der Waals surface area contributed by atoms with Crippen molar-refractivity contribution in [3.05, 3.63) is 89.4 Å². The van der Waals surface area contributed by atoms with Gasteiger partial charge in [0.15, 0.2) is 34.9 Å². The number of thioether (sulfide) groups is 1. The maximum absolute atomic E-state index is 14.4. The van der Waals surface area contributed by atoms with Gasteiger partial charge in [0.25, 0.3) is 0 Å². The molecule has 0 saturated heterocycles. The lowest BCUT2D eigenvalue weighted by molar-refractivity contribution is 0.146. The van der Waals surface area contributed by atoms with Gasteiger partial charge in [-0.15, -0.1) is 11.8 Å². The second-order valence-corrected chi connectivity index (χ2v) is 8.90. The molecule has 0 fully saturated rings. The molecule has 4 aromatic rings. The first-order valence-electron chi connectivity index (χ1n) is 11.7. The predicted octanol–water partition coefficient (Wildman–Crippen LogP) is 6.99. The first-order chi connectivity index (χ1) is 19.3. The van der Waals surface area contributed by atoms with Gasteiger partial charge in [-0.1, -0.05) is 0 Å². The van der Waals surface area contributed by atoms with Crippen molar-refractivity contribution in [3.8, 4) is 11.5 Å². The molecule has 0 aliphatic heterocycles. The van der Waals surface area contributed by atoms with Crippen LogP contribution in [0.25, 0.3) is 0 Å². The minimum atomic E-state index is -1.90. The van der Waals surface area contributed by atoms with E-state index in [2.05, 4.69) is 20.6 Å². The minimum Gasteiger partial charge on any atom is -0.491 e. The van der Waals surface area contributed by atoms with Crippen LogP contribution in [0.5, 0.6) is 11.5 Å². The number of aromatic nitrogens is 2. The summed E-state index contributed by atoms with van der Waals surface area (Å²) in [5.74, 6) is -6.56. The Labute approximate surface area is 230 Å². The lowest BCUT2D eigenvalue weighted by Gasteiger charge is -2.14. The summed E-state index contributed by atoms with van der Waals surface area (Å²) < 4.78 is 85.8. The van der Waals surface area contributed by atoms with Gasteiger partial charge in [-0.3, -0.25) is 0 Å². The standard InChI is InChI=1S/C27H23F5N4O3S/c1-37-11-12-38-17-7-5-16(6-8-17)35-27-33-13-20(28)26(36-27)34-15-3-9-18(10-4-15)39-14-19-21(29)22(30)23(31)24(32)25(19)40-2/h3-10,13H,11-12,14H2,1-2H3,(H2,33,34,35,36). The fourth-order valence-electron chi connectivity index (χ4n) is 3.45. The number of nitrogens with one attached hydrogen (secondary N) is 2. The Kier molecular flexibility index (Phi) is 9.61. The van der Waals surface area contributed by atoms with Crippen LogP contribution in [-0.4, -0.2) is 36.5 Å². The highest BCUT2D eigenvalue weighted by Crippen LogP contribution is 2.32. The average Bonchev–Trinajstić information content (AvgIpc) is 2.96. The van der Waals surface area contributed by atoms with Crippen molar-refractivity contribution in [1.29, 1.82) is 0 Å². The Balaban J connectivity index is 1.40. The van der Waals surface area contributed by atoms with Gasteiger partial charge in [0.05, 0.1) is 17.7 Å². The summed E-state index contributed by atoms with van der Waals surface area (Å²) in [5.41, 5.74) is 0.644. The zero-order valence-electron chi connectivity index (χ0n) is 21.2. The number of nitrogens with zero attached hydrogens (tertiary/aromatic N) is 2. The number of rotatable bonds is 12. The number of hydrogen-bond acceptors (Lipinski definition) is 8. The van der Waals surface area contributed by atoms with Gasteiger partial charge in [0.1, 0.15) is 24.7 Å². The van der Waals surface area contributed by atoms with E-state index in [-0.39, 0.29) is 22.4 Å². The van der Waals surface area contributed by atoms with E-state index >= 15 is 0 Å². The molecule has 7 nitrogen and oxygen atoms in total. The number of methoxy groups -OCH3 is 1. The largest absolute Gasteiger partial charge is 0.491 e. The van der Waals surface area contributed by atoms with E-state index in [1.54, 1.807) is 31.4 Å². The molecule has 1 aromatic heterocycles. The van der Waals surface area contributed by atoms with Crippen LogP contribution in [0.15, 0.2) is 59.6 Å². The zero-order chi connectivity index (χ0) is 28.6. The van der Waals surface area contributed by atoms with Crippen LogP contribution >= 0.6 is 11.8 Å². The molecule has 0 amide bonds. The van der Waals surface area contributed by atoms with E-state index in [0.717, 1.165) is 18.0 Å². The van der Waals surface area contributed by atoms with Crippen LogP contribution in [0.1, 0.15) is 5.56 Å². The predicted molar refractivity (Wildman–Crippen MR) is 141 cm³/mol. The highest BCUT2D eigenvalue weighted by Gasteiger charge is 2.25. The molecule has 0 unspecified atom stereocenters. The van der Waals surface area contributed by atoms with Crippen molar-refractivity contribution in [2.45, 2.75) is 11.5 Å². The minimum absolute atomic E-state index is 0.102. The maximum Gasteiger partial charge on any atom is 0.229 e. The second kappa shape index (κ2) is 13.3. The fraction of sp³-hybridized carbons (Fsp3) is 0.185. The quantitative estimate of drug-likeness (QED) is 0.0613. The van der Waals surface area contributed by atoms with Crippen molar-refractivity contribution in [3.63, 3.8) is 0 Å². The van der Waals surface area contributed by atoms with E-state index in [9.17, 15) is 22.0 Å². The van der Waals surface area contributed by atoms with Crippen LogP contribution in [0, 0.1) is 29.1 Å². The smallest absolute Gasteiger partial charge is 0.229 e. The van der Waals surface area contributed by atoms with Crippen molar-refractivity contribution >= 4 is 34.9 Å². The van der Waals surface area contributed by atoms with Gasteiger partial charge in [0, 0.05) is 24.0 Å². The number of halogens is 5. The summed E-state index contributed by atoms with van der Waals surface area (Å²) in [7, 11) is 1.59. The molecule has 1 heterocycles. The molecular formula is C27H23F5N4O3S. The van der Waals surface area contributed by atoms with Gasteiger partial charge in [-0.25, -0.2) is 26.9 Å². The first kappa shape index (κ1) is 28.9. The number of ether oxygens (including phenoxy) is 3. The van der Waals surface area contributed by atoms with Gasteiger partial charge in [-0.05, 0) is 54.8 Å². The SMILES string of the molecule is COCCOc1ccc(Nc2ncc(F)c(Nc3ccc(OCc4c(F)c(F)c(F)c(F)c4SC)cc3)n2)cc1. The molecule has 0 radical (unpaired) electrons. The summed E-state index contributed by atoms with van der Waals surface area (Å²) in [4.78, 5) is 7.73. The molecule has 2 N–H and O–H groups in total. The molecule has 210 valence electrons. The molecular weight excluding hydrogens is 555 g/mol. The molecule has 3 aromatic carbocycles. The Morgan fingerprint density at radius 1 is 0.750 bits per heavy atom. The average molecular weight is 579 g/mol. The molecule has 0 aliphatic carbocycles. The summed E-state index contributed by atoms with van der Waals surface area (Å²) >= 11 is 0.731. The molecule has 0 spiro atoms. The first-order valence-corrected chi connectivity index (χ1v) is 12.9. The summed E-state index contributed by atoms with van der Waals surface area (Å²) in [5, 5.41) is 5.81. The van der Waals surface area contributed by atoms with Crippen molar-refractivity contribution in [1.82, 2.24) is 9.97 Å². The molecule has 0 aliphatic rings. The Bertz CT molecular complexity index is 1460. The maximum atomic E-state index is 14.4. The molecule has 13 heteroatoms. The van der Waals surface area contributed by atoms with Crippen LogP contribution in [0.3, 0.4) is 0 Å². The third-order valence-electron chi connectivity index (χ3n) is 5.43. The van der Waals surface area contributed by atoms with E-state index in [0.29, 0.717) is 30.3 Å². The van der Waals surface area contributed by atoms with E-state index in [1.807, 2.05) is 0 Å². The molecule has 0 saturated carbocycles. The topological polar surface area (TPSA) is 77.5 Å². The highest BCUT2D eigenvalue weighted by atomic mass is 32.2. The third kappa shape index (κ3) is 6.90.